The van der Waals surface area contributed by atoms with Gasteiger partial charge in [-0.15, -0.1) is 0 Å². The number of aryl methyl sites for hydroxylation is 1. The van der Waals surface area contributed by atoms with Gasteiger partial charge in [-0.3, -0.25) is 14.8 Å². The molecule has 1 aromatic carbocycles. The maximum atomic E-state index is 11.3. The molecule has 0 aliphatic heterocycles. The summed E-state index contributed by atoms with van der Waals surface area (Å²) in [6.07, 6.45) is 1.70. The molecule has 3 rings (SSSR count). The molecular formula is C21H24N2O5S. The Morgan fingerprint density at radius 1 is 1.17 bits per heavy atom. The van der Waals surface area contributed by atoms with Crippen LogP contribution in [0.4, 0.5) is 0 Å². The molecule has 0 aliphatic carbocycles. The number of aliphatic hydroxyl groups is 1. The average molecular weight is 416 g/mol. The van der Waals surface area contributed by atoms with Gasteiger partial charge in [-0.1, -0.05) is 36.5 Å². The summed E-state index contributed by atoms with van der Waals surface area (Å²) < 4.78 is 11.4. The summed E-state index contributed by atoms with van der Waals surface area (Å²) in [5.41, 5.74) is 2.76. The highest BCUT2D eigenvalue weighted by atomic mass is 32.1. The van der Waals surface area contributed by atoms with Crippen molar-refractivity contribution in [3.05, 3.63) is 74.0 Å². The van der Waals surface area contributed by atoms with E-state index in [0.29, 0.717) is 22.7 Å². The minimum absolute atomic E-state index is 0.0833. The van der Waals surface area contributed by atoms with E-state index in [-0.39, 0.29) is 17.4 Å². The molecule has 0 radical (unpaired) electrons. The second-order valence-corrected chi connectivity index (χ2v) is 7.65. The maximum absolute atomic E-state index is 11.3. The molecule has 0 saturated carbocycles. The van der Waals surface area contributed by atoms with E-state index in [1.165, 1.54) is 0 Å². The first kappa shape index (κ1) is 21.0. The SMILES string of the molecule is CCc1ccc(C(COc2ccc(Cc3sc(=O)[nH]c3O)cc2)OC(C)O)nc1. The van der Waals surface area contributed by atoms with Crippen molar-refractivity contribution >= 4 is 11.3 Å². The van der Waals surface area contributed by atoms with Crippen LogP contribution in [0.5, 0.6) is 11.6 Å². The Labute approximate surface area is 172 Å². The van der Waals surface area contributed by atoms with Crippen LogP contribution in [-0.4, -0.2) is 33.1 Å². The van der Waals surface area contributed by atoms with Crippen LogP contribution >= 0.6 is 11.3 Å². The number of thiazole rings is 1. The summed E-state index contributed by atoms with van der Waals surface area (Å²) in [7, 11) is 0. The number of hydrogen-bond acceptors (Lipinski definition) is 7. The Bertz CT molecular complexity index is 964. The van der Waals surface area contributed by atoms with Gasteiger partial charge in [0, 0.05) is 12.6 Å². The lowest BCUT2D eigenvalue weighted by Crippen LogP contribution is -2.20. The fourth-order valence-electron chi connectivity index (χ4n) is 2.80. The van der Waals surface area contributed by atoms with Gasteiger partial charge < -0.3 is 19.7 Å². The van der Waals surface area contributed by atoms with Crippen molar-refractivity contribution in [1.29, 1.82) is 0 Å². The van der Waals surface area contributed by atoms with Gasteiger partial charge in [0.05, 0.1) is 10.6 Å². The predicted molar refractivity (Wildman–Crippen MR) is 110 cm³/mol. The number of H-pyrrole nitrogens is 1. The van der Waals surface area contributed by atoms with Crippen LogP contribution in [0.25, 0.3) is 0 Å². The van der Waals surface area contributed by atoms with Crippen LogP contribution in [0, 0.1) is 0 Å². The summed E-state index contributed by atoms with van der Waals surface area (Å²) in [6, 6.07) is 11.2. The van der Waals surface area contributed by atoms with Crippen molar-refractivity contribution in [2.75, 3.05) is 6.61 Å². The zero-order valence-electron chi connectivity index (χ0n) is 16.3. The molecule has 29 heavy (non-hydrogen) atoms. The Morgan fingerprint density at radius 3 is 2.45 bits per heavy atom. The first-order valence-corrected chi connectivity index (χ1v) is 10.2. The molecule has 0 fully saturated rings. The zero-order valence-corrected chi connectivity index (χ0v) is 17.1. The number of hydrogen-bond donors (Lipinski definition) is 3. The van der Waals surface area contributed by atoms with Gasteiger partial charge in [0.15, 0.2) is 6.29 Å². The molecule has 3 N–H and O–H groups in total. The predicted octanol–water partition coefficient (Wildman–Crippen LogP) is 3.17. The highest BCUT2D eigenvalue weighted by molar-refractivity contribution is 7.09. The van der Waals surface area contributed by atoms with Crippen LogP contribution in [0.2, 0.25) is 0 Å². The molecule has 2 aromatic heterocycles. The summed E-state index contributed by atoms with van der Waals surface area (Å²) in [5.74, 6) is 0.560. The minimum atomic E-state index is -0.945. The highest BCUT2D eigenvalue weighted by Gasteiger charge is 2.17. The van der Waals surface area contributed by atoms with Crippen LogP contribution in [0.15, 0.2) is 47.4 Å². The van der Waals surface area contributed by atoms with Crippen molar-refractivity contribution in [3.63, 3.8) is 0 Å². The molecular weight excluding hydrogens is 392 g/mol. The van der Waals surface area contributed by atoms with Crippen molar-refractivity contribution in [2.24, 2.45) is 0 Å². The number of aromatic amines is 1. The lowest BCUT2D eigenvalue weighted by Gasteiger charge is -2.20. The lowest BCUT2D eigenvalue weighted by molar-refractivity contribution is -0.136. The molecule has 154 valence electrons. The molecule has 3 aromatic rings. The topological polar surface area (TPSA) is 105 Å². The Kier molecular flexibility index (Phi) is 7.03. The van der Waals surface area contributed by atoms with Crippen molar-refractivity contribution in [1.82, 2.24) is 9.97 Å². The summed E-state index contributed by atoms with van der Waals surface area (Å²) in [5, 5.41) is 19.3. The van der Waals surface area contributed by atoms with E-state index < -0.39 is 12.4 Å². The molecule has 0 bridgehead atoms. The van der Waals surface area contributed by atoms with E-state index in [4.69, 9.17) is 9.47 Å². The molecule has 8 heteroatoms. The first-order chi connectivity index (χ1) is 13.9. The van der Waals surface area contributed by atoms with E-state index in [9.17, 15) is 15.0 Å². The van der Waals surface area contributed by atoms with E-state index >= 15 is 0 Å². The number of ether oxygens (including phenoxy) is 2. The van der Waals surface area contributed by atoms with Gasteiger partial charge in [-0.2, -0.15) is 0 Å². The van der Waals surface area contributed by atoms with Gasteiger partial charge in [-0.05, 0) is 42.7 Å². The number of pyridine rings is 1. The van der Waals surface area contributed by atoms with Gasteiger partial charge in [0.25, 0.3) is 0 Å². The van der Waals surface area contributed by atoms with Crippen molar-refractivity contribution < 1.29 is 19.7 Å². The van der Waals surface area contributed by atoms with Crippen LogP contribution in [0.3, 0.4) is 0 Å². The van der Waals surface area contributed by atoms with Gasteiger partial charge in [-0.25, -0.2) is 0 Å². The molecule has 0 amide bonds. The second kappa shape index (κ2) is 9.69. The van der Waals surface area contributed by atoms with E-state index in [1.807, 2.05) is 36.4 Å². The van der Waals surface area contributed by atoms with Crippen molar-refractivity contribution in [3.8, 4) is 11.6 Å². The second-order valence-electron chi connectivity index (χ2n) is 6.59. The zero-order chi connectivity index (χ0) is 20.8. The number of nitrogens with one attached hydrogen (secondary N) is 1. The number of benzene rings is 1. The minimum Gasteiger partial charge on any atom is -0.494 e. The number of rotatable bonds is 9. The molecule has 7 nitrogen and oxygen atoms in total. The smallest absolute Gasteiger partial charge is 0.307 e. The van der Waals surface area contributed by atoms with Gasteiger partial charge in [0.1, 0.15) is 18.5 Å². The number of aromatic hydroxyl groups is 1. The molecule has 2 unspecified atom stereocenters. The normalized spacial score (nSPS) is 13.2. The Morgan fingerprint density at radius 2 is 1.90 bits per heavy atom. The quantitative estimate of drug-likeness (QED) is 0.463. The van der Waals surface area contributed by atoms with Crippen LogP contribution in [-0.2, 0) is 17.6 Å². The third-order valence-corrected chi connectivity index (χ3v) is 5.21. The third-order valence-electron chi connectivity index (χ3n) is 4.34. The summed E-state index contributed by atoms with van der Waals surface area (Å²) in [4.78, 5) is 18.4. The lowest BCUT2D eigenvalue weighted by atomic mass is 10.1. The average Bonchev–Trinajstić information content (AvgIpc) is 3.03. The van der Waals surface area contributed by atoms with Gasteiger partial charge >= 0.3 is 4.87 Å². The molecule has 0 aliphatic rings. The van der Waals surface area contributed by atoms with Crippen LogP contribution < -0.4 is 9.61 Å². The Balaban J connectivity index is 1.64. The molecule has 2 heterocycles. The van der Waals surface area contributed by atoms with E-state index in [1.54, 1.807) is 13.1 Å². The van der Waals surface area contributed by atoms with Gasteiger partial charge in [0.2, 0.25) is 5.88 Å². The number of aromatic nitrogens is 2. The monoisotopic (exact) mass is 416 g/mol. The standard InChI is InChI=1S/C21H24N2O5S/c1-3-14-6-9-17(22-11-14)18(28-13(2)24)12-27-16-7-4-15(5-8-16)10-19-20(25)23-21(26)29-19/h4-9,11,13,18,24-25H,3,10,12H2,1-2H3,(H,23,26). The molecule has 0 spiro atoms. The fourth-order valence-corrected chi connectivity index (χ4v) is 3.56. The fraction of sp³-hybridized carbons (Fsp3) is 0.333. The van der Waals surface area contributed by atoms with Crippen molar-refractivity contribution in [2.45, 2.75) is 39.1 Å². The van der Waals surface area contributed by atoms with E-state index in [2.05, 4.69) is 16.9 Å². The molecule has 2 atom stereocenters. The number of aliphatic hydroxyl groups excluding tert-OH is 1. The maximum Gasteiger partial charge on any atom is 0.307 e. The number of nitrogens with zero attached hydrogens (tertiary/aromatic N) is 1. The largest absolute Gasteiger partial charge is 0.494 e. The van der Waals surface area contributed by atoms with E-state index in [0.717, 1.165) is 28.9 Å². The third kappa shape index (κ3) is 5.90. The Hall–Kier alpha value is -2.68. The highest BCUT2D eigenvalue weighted by Crippen LogP contribution is 2.23. The summed E-state index contributed by atoms with van der Waals surface area (Å²) >= 11 is 0.994. The van der Waals surface area contributed by atoms with Crippen LogP contribution in [0.1, 0.15) is 41.6 Å². The summed E-state index contributed by atoms with van der Waals surface area (Å²) in [6.45, 7) is 3.81. The first-order valence-electron chi connectivity index (χ1n) is 9.35. The molecule has 0 saturated heterocycles.